The van der Waals surface area contributed by atoms with Gasteiger partial charge in [-0.05, 0) is 81.6 Å². The lowest BCUT2D eigenvalue weighted by atomic mass is 11.6. The molecule has 0 bridgehead atoms. The number of hydrogen-bond acceptors (Lipinski definition) is 6. The third kappa shape index (κ3) is 14.3. The van der Waals surface area contributed by atoms with Crippen LogP contribution in [0.1, 0.15) is 0 Å². The Balaban J connectivity index is -0.000000364. The van der Waals surface area contributed by atoms with Crippen molar-refractivity contribution in [1.29, 1.82) is 0 Å². The van der Waals surface area contributed by atoms with Crippen LogP contribution in [0.25, 0.3) is 0 Å². The van der Waals surface area contributed by atoms with Crippen molar-refractivity contribution in [3.8, 4) is 0 Å². The maximum atomic E-state index is 3.42. The van der Waals surface area contributed by atoms with Crippen molar-refractivity contribution in [3.05, 3.63) is 0 Å². The molecular weight excluding hydrogens is 469 g/mol. The molecule has 0 radical (unpaired) electrons. The van der Waals surface area contributed by atoms with Gasteiger partial charge in [-0.15, -0.1) is 0 Å². The van der Waals surface area contributed by atoms with Crippen LogP contribution in [0.2, 0.25) is 78.6 Å². The average molecular weight is 529 g/mol. The van der Waals surface area contributed by atoms with E-state index in [1.807, 2.05) is 0 Å². The minimum atomic E-state index is -1.20. The lowest BCUT2D eigenvalue weighted by Gasteiger charge is -2.35. The fraction of sp³-hybridized carbons (Fsp3) is 1.00. The van der Waals surface area contributed by atoms with Crippen molar-refractivity contribution in [3.63, 3.8) is 0 Å². The molecule has 0 aromatic heterocycles. The zero-order chi connectivity index (χ0) is 25.1. The molecule has 6 nitrogen and oxygen atoms in total. The third-order valence-corrected chi connectivity index (χ3v) is 30.9. The summed E-state index contributed by atoms with van der Waals surface area (Å²) in [6, 6.07) is 0. The highest BCUT2D eigenvalue weighted by molar-refractivity contribution is 6.82. The Kier molecular flexibility index (Phi) is 18.8. The third-order valence-electron chi connectivity index (χ3n) is 6.80. The highest BCUT2D eigenvalue weighted by Crippen LogP contribution is 2.05. The van der Waals surface area contributed by atoms with Gasteiger partial charge < -0.3 is 27.6 Å². The average Bonchev–Trinajstić information content (AvgIpc) is 2.66. The van der Waals surface area contributed by atoms with Gasteiger partial charge in [-0.25, -0.2) is 0 Å². The maximum Gasteiger partial charge on any atom is 0.190 e. The van der Waals surface area contributed by atoms with Gasteiger partial charge in [-0.2, -0.15) is 0 Å². The van der Waals surface area contributed by atoms with Gasteiger partial charge in [-0.3, -0.25) is 0 Å². The predicted octanol–water partition coefficient (Wildman–Crippen LogP) is 2.47. The van der Waals surface area contributed by atoms with Crippen LogP contribution in [0.3, 0.4) is 0 Å². The summed E-state index contributed by atoms with van der Waals surface area (Å²) in [5.74, 6) is 0. The van der Waals surface area contributed by atoms with Crippen LogP contribution in [-0.4, -0.2) is 107 Å². The minimum Gasteiger partial charge on any atom is -0.339 e. The molecule has 0 aromatic carbocycles. The monoisotopic (exact) mass is 528 g/mol. The first-order valence-electron chi connectivity index (χ1n) is 11.5. The number of hydrogen-bond donors (Lipinski definition) is 3. The Morgan fingerprint density at radius 2 is 0.567 bits per heavy atom. The quantitative estimate of drug-likeness (QED) is 0.400. The molecule has 0 aliphatic carbocycles. The fourth-order valence-corrected chi connectivity index (χ4v) is 20.2. The van der Waals surface area contributed by atoms with Crippen LogP contribution in [0.4, 0.5) is 0 Å². The van der Waals surface area contributed by atoms with Gasteiger partial charge in [0, 0.05) is 0 Å². The summed E-state index contributed by atoms with van der Waals surface area (Å²) in [5, 5.41) is 0. The molecule has 12 heteroatoms. The molecule has 0 saturated heterocycles. The molecule has 0 heterocycles. The summed E-state index contributed by atoms with van der Waals surface area (Å²) in [7, 11) is 7.64. The Bertz CT molecular complexity index is 374. The van der Waals surface area contributed by atoms with Gasteiger partial charge in [0.1, 0.15) is 0 Å². The molecule has 0 fully saturated rings. The van der Waals surface area contributed by atoms with E-state index in [2.05, 4.69) is 148 Å². The van der Waals surface area contributed by atoms with Crippen molar-refractivity contribution in [2.24, 2.45) is 0 Å². The topological polar surface area (TPSA) is 45.8 Å². The van der Waals surface area contributed by atoms with E-state index in [1.165, 1.54) is 0 Å². The van der Waals surface area contributed by atoms with E-state index in [1.54, 1.807) is 0 Å². The summed E-state index contributed by atoms with van der Waals surface area (Å²) in [6.07, 6.45) is 0. The molecule has 0 atom stereocenters. The van der Waals surface area contributed by atoms with E-state index in [4.69, 9.17) is 0 Å². The van der Waals surface area contributed by atoms with Crippen LogP contribution in [0.15, 0.2) is 0 Å². The predicted molar refractivity (Wildman–Crippen MR) is 160 cm³/mol. The molecule has 0 aliphatic heterocycles. The van der Waals surface area contributed by atoms with E-state index in [0.717, 1.165) is 0 Å². The molecule has 30 heavy (non-hydrogen) atoms. The van der Waals surface area contributed by atoms with Crippen molar-refractivity contribution in [1.82, 2.24) is 27.6 Å². The molecule has 0 aromatic rings. The lowest BCUT2D eigenvalue weighted by Crippen LogP contribution is -2.60. The second-order valence-corrected chi connectivity index (χ2v) is 33.9. The molecule has 186 valence electrons. The first-order valence-corrected chi connectivity index (χ1v) is 28.8. The molecular formula is C18H60N6Si6. The minimum absolute atomic E-state index is 0.575. The van der Waals surface area contributed by atoms with Gasteiger partial charge in [-0.1, -0.05) is 39.3 Å². The van der Waals surface area contributed by atoms with E-state index in [9.17, 15) is 0 Å². The second-order valence-electron chi connectivity index (χ2n) is 10.5. The van der Waals surface area contributed by atoms with Gasteiger partial charge in [0.15, 0.2) is 25.2 Å². The summed E-state index contributed by atoms with van der Waals surface area (Å²) in [5.41, 5.74) is 0. The van der Waals surface area contributed by atoms with Crippen LogP contribution in [0.5, 0.6) is 0 Å². The van der Waals surface area contributed by atoms with Crippen molar-refractivity contribution in [2.75, 3.05) is 42.3 Å². The maximum absolute atomic E-state index is 3.42. The number of nitrogens with zero attached hydrogens (tertiary/aromatic N) is 3. The standard InChI is InChI=1S/3C6H20N2Si2/c3*1-7-10(5,6)8(2)9(3)4/h3*7,9H,1-6H3. The zero-order valence-corrected chi connectivity index (χ0v) is 30.5. The van der Waals surface area contributed by atoms with E-state index in [0.29, 0.717) is 0 Å². The van der Waals surface area contributed by atoms with Crippen LogP contribution >= 0.6 is 0 Å². The van der Waals surface area contributed by atoms with E-state index in [-0.39, 0.29) is 0 Å². The number of rotatable bonds is 9. The fourth-order valence-electron chi connectivity index (χ4n) is 2.47. The van der Waals surface area contributed by atoms with Crippen molar-refractivity contribution < 1.29 is 0 Å². The van der Waals surface area contributed by atoms with Crippen molar-refractivity contribution in [2.45, 2.75) is 78.6 Å². The first kappa shape index (κ1) is 35.6. The van der Waals surface area contributed by atoms with E-state index < -0.39 is 52.1 Å². The molecule has 3 N–H and O–H groups in total. The smallest absolute Gasteiger partial charge is 0.190 e. The summed E-state index contributed by atoms with van der Waals surface area (Å²) in [6.45, 7) is 28.3. The Morgan fingerprint density at radius 1 is 0.433 bits per heavy atom. The normalized spacial score (nSPS) is 13.2. The summed E-state index contributed by atoms with van der Waals surface area (Å²) >= 11 is 0. The first-order chi connectivity index (χ1) is 13.2. The lowest BCUT2D eigenvalue weighted by molar-refractivity contribution is 0.746. The zero-order valence-electron chi connectivity index (χ0n) is 24.1. The van der Waals surface area contributed by atoms with E-state index >= 15 is 0 Å². The van der Waals surface area contributed by atoms with Crippen LogP contribution < -0.4 is 14.9 Å². The molecule has 0 unspecified atom stereocenters. The van der Waals surface area contributed by atoms with Gasteiger partial charge in [0.25, 0.3) is 0 Å². The molecule has 0 spiro atoms. The van der Waals surface area contributed by atoms with Gasteiger partial charge in [0.2, 0.25) is 0 Å². The highest BCUT2D eigenvalue weighted by Gasteiger charge is 2.27. The van der Waals surface area contributed by atoms with Crippen molar-refractivity contribution >= 4 is 52.1 Å². The Labute approximate surface area is 200 Å². The van der Waals surface area contributed by atoms with Crippen LogP contribution in [0, 0.1) is 0 Å². The van der Waals surface area contributed by atoms with Gasteiger partial charge >= 0.3 is 0 Å². The molecule has 0 amide bonds. The molecule has 0 rings (SSSR count). The number of nitrogens with one attached hydrogen (secondary N) is 3. The highest BCUT2D eigenvalue weighted by atomic mass is 28.4. The second kappa shape index (κ2) is 15.8. The Hall–Kier alpha value is 1.06. The molecule has 0 saturated carbocycles. The Morgan fingerprint density at radius 3 is 0.600 bits per heavy atom. The van der Waals surface area contributed by atoms with Gasteiger partial charge in [0.05, 0.1) is 26.9 Å². The summed E-state index contributed by atoms with van der Waals surface area (Å²) < 4.78 is 7.73. The van der Waals surface area contributed by atoms with Crippen LogP contribution in [-0.2, 0) is 0 Å². The summed E-state index contributed by atoms with van der Waals surface area (Å²) in [4.78, 5) is 10.3. The largest absolute Gasteiger partial charge is 0.339 e. The molecule has 0 aliphatic rings. The SMILES string of the molecule is CN[Si](C)(C)N(C)[SiH](C)C.CN[Si](C)(C)N(C)[SiH](C)C.CN[Si](C)(C)N(C)[SiH](C)C.